The summed E-state index contributed by atoms with van der Waals surface area (Å²) in [5, 5.41) is 7.84. The van der Waals surface area contributed by atoms with Crippen molar-refractivity contribution in [1.82, 2.24) is 15.1 Å². The molecule has 1 aromatic heterocycles. The lowest BCUT2D eigenvalue weighted by atomic mass is 10.1. The third-order valence-electron chi connectivity index (χ3n) is 3.96. The third kappa shape index (κ3) is 4.24. The van der Waals surface area contributed by atoms with Gasteiger partial charge in [-0.05, 0) is 49.7 Å². The zero-order valence-electron chi connectivity index (χ0n) is 14.6. The highest BCUT2D eigenvalue weighted by molar-refractivity contribution is 6.30. The fourth-order valence-electron chi connectivity index (χ4n) is 2.58. The van der Waals surface area contributed by atoms with E-state index in [9.17, 15) is 4.79 Å². The molecule has 3 aromatic rings. The molecule has 6 heteroatoms. The van der Waals surface area contributed by atoms with Gasteiger partial charge in [0, 0.05) is 11.2 Å². The first kappa shape index (κ1) is 18.0. The Morgan fingerprint density at radius 1 is 1.27 bits per heavy atom. The Bertz CT molecular complexity index is 890. The van der Waals surface area contributed by atoms with Gasteiger partial charge in [-0.1, -0.05) is 29.8 Å². The van der Waals surface area contributed by atoms with Crippen LogP contribution in [0.2, 0.25) is 5.02 Å². The van der Waals surface area contributed by atoms with Crippen molar-refractivity contribution in [1.29, 1.82) is 0 Å². The van der Waals surface area contributed by atoms with E-state index in [1.165, 1.54) is 0 Å². The number of halogens is 1. The van der Waals surface area contributed by atoms with Crippen molar-refractivity contribution in [3.05, 3.63) is 77.1 Å². The maximum Gasteiger partial charge on any atom is 0.254 e. The Hall–Kier alpha value is -2.79. The van der Waals surface area contributed by atoms with Gasteiger partial charge in [0.15, 0.2) is 0 Å². The fourth-order valence-corrected chi connectivity index (χ4v) is 2.77. The molecule has 26 heavy (non-hydrogen) atoms. The number of aromatic nitrogens is 2. The molecule has 0 saturated heterocycles. The summed E-state index contributed by atoms with van der Waals surface area (Å²) in [4.78, 5) is 12.5. The summed E-state index contributed by atoms with van der Waals surface area (Å²) in [5.41, 5.74) is 2.29. The summed E-state index contributed by atoms with van der Waals surface area (Å²) < 4.78 is 7.06. The molecule has 0 bridgehead atoms. The molecular formula is C20H20ClN3O2. The predicted octanol–water partition coefficient (Wildman–Crippen LogP) is 4.42. The summed E-state index contributed by atoms with van der Waals surface area (Å²) in [6.45, 7) is 4.51. The number of amides is 1. The standard InChI is InChI=1S/C20H20ClN3O2/c1-3-26-19-9-7-15(8-10-19)14(2)23-20(25)16-12-22-24(13-16)18-6-4-5-17(21)11-18/h4-14H,3H2,1-2H3,(H,23,25). The molecule has 5 nitrogen and oxygen atoms in total. The van der Waals surface area contributed by atoms with Crippen LogP contribution in [0, 0.1) is 0 Å². The van der Waals surface area contributed by atoms with Crippen LogP contribution in [0.25, 0.3) is 5.69 Å². The third-order valence-corrected chi connectivity index (χ3v) is 4.19. The van der Waals surface area contributed by atoms with E-state index in [-0.39, 0.29) is 11.9 Å². The SMILES string of the molecule is CCOc1ccc(C(C)NC(=O)c2cnn(-c3cccc(Cl)c3)c2)cc1. The lowest BCUT2D eigenvalue weighted by Gasteiger charge is -2.14. The lowest BCUT2D eigenvalue weighted by Crippen LogP contribution is -2.26. The number of nitrogens with one attached hydrogen (secondary N) is 1. The minimum atomic E-state index is -0.181. The van der Waals surface area contributed by atoms with Crippen LogP contribution in [-0.2, 0) is 0 Å². The second-order valence-corrected chi connectivity index (χ2v) is 6.29. The Labute approximate surface area is 157 Å². The molecule has 2 aromatic carbocycles. The van der Waals surface area contributed by atoms with Crippen LogP contribution in [0.3, 0.4) is 0 Å². The summed E-state index contributed by atoms with van der Waals surface area (Å²) >= 11 is 6.00. The molecule has 1 atom stereocenters. The number of benzene rings is 2. The highest BCUT2D eigenvalue weighted by Crippen LogP contribution is 2.19. The lowest BCUT2D eigenvalue weighted by molar-refractivity contribution is 0.0940. The number of ether oxygens (including phenoxy) is 1. The van der Waals surface area contributed by atoms with Crippen molar-refractivity contribution < 1.29 is 9.53 Å². The second kappa shape index (κ2) is 8.06. The van der Waals surface area contributed by atoms with Gasteiger partial charge >= 0.3 is 0 Å². The Morgan fingerprint density at radius 3 is 2.73 bits per heavy atom. The first-order chi connectivity index (χ1) is 12.6. The van der Waals surface area contributed by atoms with Crippen LogP contribution in [0.1, 0.15) is 35.8 Å². The minimum Gasteiger partial charge on any atom is -0.494 e. The maximum absolute atomic E-state index is 12.5. The average Bonchev–Trinajstić information content (AvgIpc) is 3.13. The van der Waals surface area contributed by atoms with Crippen LogP contribution in [-0.4, -0.2) is 22.3 Å². The average molecular weight is 370 g/mol. The molecule has 0 aliphatic carbocycles. The highest BCUT2D eigenvalue weighted by Gasteiger charge is 2.14. The predicted molar refractivity (Wildman–Crippen MR) is 102 cm³/mol. The van der Waals surface area contributed by atoms with Crippen molar-refractivity contribution in [3.8, 4) is 11.4 Å². The number of nitrogens with zero attached hydrogens (tertiary/aromatic N) is 2. The number of carbonyl (C=O) groups is 1. The molecule has 0 fully saturated rings. The van der Waals surface area contributed by atoms with Gasteiger partial charge in [0.1, 0.15) is 5.75 Å². The summed E-state index contributed by atoms with van der Waals surface area (Å²) in [6.07, 6.45) is 3.23. The number of rotatable bonds is 6. The Balaban J connectivity index is 1.68. The zero-order valence-corrected chi connectivity index (χ0v) is 15.4. The second-order valence-electron chi connectivity index (χ2n) is 5.85. The fraction of sp³-hybridized carbons (Fsp3) is 0.200. The first-order valence-electron chi connectivity index (χ1n) is 8.41. The maximum atomic E-state index is 12.5. The van der Waals surface area contributed by atoms with E-state index >= 15 is 0 Å². The summed E-state index contributed by atoms with van der Waals surface area (Å²) in [6, 6.07) is 14.9. The van der Waals surface area contributed by atoms with E-state index in [2.05, 4.69) is 10.4 Å². The molecule has 3 rings (SSSR count). The van der Waals surface area contributed by atoms with E-state index in [4.69, 9.17) is 16.3 Å². The van der Waals surface area contributed by atoms with Crippen molar-refractivity contribution in [3.63, 3.8) is 0 Å². The molecule has 1 heterocycles. The van der Waals surface area contributed by atoms with E-state index in [1.54, 1.807) is 29.2 Å². The van der Waals surface area contributed by atoms with Gasteiger partial charge in [-0.2, -0.15) is 5.10 Å². The molecule has 0 radical (unpaired) electrons. The minimum absolute atomic E-state index is 0.132. The molecule has 0 aliphatic heterocycles. The van der Waals surface area contributed by atoms with Gasteiger partial charge in [-0.3, -0.25) is 4.79 Å². The molecule has 1 N–H and O–H groups in total. The van der Waals surface area contributed by atoms with Crippen molar-refractivity contribution in [2.24, 2.45) is 0 Å². The molecule has 1 amide bonds. The molecule has 1 unspecified atom stereocenters. The molecule has 0 aliphatic rings. The quantitative estimate of drug-likeness (QED) is 0.700. The van der Waals surface area contributed by atoms with Crippen LogP contribution < -0.4 is 10.1 Å². The van der Waals surface area contributed by atoms with Gasteiger partial charge in [0.2, 0.25) is 0 Å². The van der Waals surface area contributed by atoms with E-state index in [0.29, 0.717) is 17.2 Å². The molecular weight excluding hydrogens is 350 g/mol. The van der Waals surface area contributed by atoms with Crippen LogP contribution >= 0.6 is 11.6 Å². The zero-order chi connectivity index (χ0) is 18.5. The number of hydrogen-bond acceptors (Lipinski definition) is 3. The first-order valence-corrected chi connectivity index (χ1v) is 8.79. The Kier molecular flexibility index (Phi) is 5.58. The number of hydrogen-bond donors (Lipinski definition) is 1. The normalized spacial score (nSPS) is 11.8. The molecule has 0 saturated carbocycles. The molecule has 134 valence electrons. The Morgan fingerprint density at radius 2 is 2.04 bits per heavy atom. The van der Waals surface area contributed by atoms with E-state index in [1.807, 2.05) is 50.2 Å². The monoisotopic (exact) mass is 369 g/mol. The van der Waals surface area contributed by atoms with Crippen LogP contribution in [0.15, 0.2) is 60.9 Å². The van der Waals surface area contributed by atoms with Gasteiger partial charge in [-0.25, -0.2) is 4.68 Å². The smallest absolute Gasteiger partial charge is 0.254 e. The van der Waals surface area contributed by atoms with E-state index < -0.39 is 0 Å². The summed E-state index contributed by atoms with van der Waals surface area (Å²) in [7, 11) is 0. The van der Waals surface area contributed by atoms with Crippen molar-refractivity contribution in [2.75, 3.05) is 6.61 Å². The van der Waals surface area contributed by atoms with Crippen LogP contribution in [0.4, 0.5) is 0 Å². The van der Waals surface area contributed by atoms with Crippen molar-refractivity contribution >= 4 is 17.5 Å². The highest BCUT2D eigenvalue weighted by atomic mass is 35.5. The van der Waals surface area contributed by atoms with Gasteiger partial charge in [0.05, 0.1) is 30.1 Å². The van der Waals surface area contributed by atoms with Gasteiger partial charge < -0.3 is 10.1 Å². The van der Waals surface area contributed by atoms with Crippen LogP contribution in [0.5, 0.6) is 5.75 Å². The molecule has 0 spiro atoms. The van der Waals surface area contributed by atoms with Crippen molar-refractivity contribution in [2.45, 2.75) is 19.9 Å². The van der Waals surface area contributed by atoms with Gasteiger partial charge in [-0.15, -0.1) is 0 Å². The number of carbonyl (C=O) groups excluding carboxylic acids is 1. The van der Waals surface area contributed by atoms with E-state index in [0.717, 1.165) is 17.0 Å². The van der Waals surface area contributed by atoms with Gasteiger partial charge in [0.25, 0.3) is 5.91 Å². The topological polar surface area (TPSA) is 56.1 Å². The largest absolute Gasteiger partial charge is 0.494 e. The summed E-state index contributed by atoms with van der Waals surface area (Å²) in [5.74, 6) is 0.636.